The van der Waals surface area contributed by atoms with E-state index in [-0.39, 0.29) is 0 Å². The van der Waals surface area contributed by atoms with Gasteiger partial charge in [0.15, 0.2) is 0 Å². The Kier molecular flexibility index (Phi) is 6.71. The topological polar surface area (TPSA) is 21.3 Å². The summed E-state index contributed by atoms with van der Waals surface area (Å²) in [7, 11) is 0. The molecule has 1 aromatic carbocycles. The van der Waals surface area contributed by atoms with Crippen LogP contribution in [-0.4, -0.2) is 19.7 Å². The predicted molar refractivity (Wildman–Crippen MR) is 74.3 cm³/mol. The molecule has 1 N–H and O–H groups in total. The van der Waals surface area contributed by atoms with Gasteiger partial charge in [-0.15, -0.1) is 0 Å². The van der Waals surface area contributed by atoms with Gasteiger partial charge in [-0.25, -0.2) is 0 Å². The average molecular weight is 276 g/mol. The zero-order valence-corrected chi connectivity index (χ0v) is 11.8. The van der Waals surface area contributed by atoms with Gasteiger partial charge < -0.3 is 10.1 Å². The van der Waals surface area contributed by atoms with Crippen molar-refractivity contribution in [3.05, 3.63) is 28.2 Å². The molecule has 1 rings (SSSR count). The van der Waals surface area contributed by atoms with E-state index in [1.165, 1.54) is 0 Å². The summed E-state index contributed by atoms with van der Waals surface area (Å²) in [6.07, 6.45) is 1.15. The van der Waals surface area contributed by atoms with Gasteiger partial charge in [-0.2, -0.15) is 0 Å². The Morgan fingerprint density at radius 3 is 2.47 bits per heavy atom. The van der Waals surface area contributed by atoms with Crippen molar-refractivity contribution in [1.29, 1.82) is 0 Å². The quantitative estimate of drug-likeness (QED) is 0.760. The van der Waals surface area contributed by atoms with Crippen molar-refractivity contribution >= 4 is 23.2 Å². The maximum absolute atomic E-state index is 5.89. The first-order valence-electron chi connectivity index (χ1n) is 5.91. The maximum Gasteiger partial charge on any atom is 0.122 e. The van der Waals surface area contributed by atoms with Crippen LogP contribution in [0, 0.1) is 5.92 Å². The third kappa shape index (κ3) is 6.16. The molecule has 2 nitrogen and oxygen atoms in total. The third-order valence-corrected chi connectivity index (χ3v) is 2.73. The Bertz CT molecular complexity index is 324. The Labute approximate surface area is 113 Å². The summed E-state index contributed by atoms with van der Waals surface area (Å²) in [6, 6.07) is 5.25. The number of nitrogens with one attached hydrogen (secondary N) is 1. The minimum Gasteiger partial charge on any atom is -0.493 e. The number of rotatable bonds is 7. The van der Waals surface area contributed by atoms with Gasteiger partial charge in [0, 0.05) is 22.5 Å². The molecule has 0 bridgehead atoms. The molecular formula is C13H19Cl2NO. The fraction of sp³-hybridized carbons (Fsp3) is 0.538. The molecule has 0 aliphatic carbocycles. The van der Waals surface area contributed by atoms with Crippen molar-refractivity contribution in [3.8, 4) is 5.75 Å². The van der Waals surface area contributed by atoms with E-state index >= 15 is 0 Å². The van der Waals surface area contributed by atoms with E-state index in [0.29, 0.717) is 22.6 Å². The van der Waals surface area contributed by atoms with Crippen LogP contribution in [0.4, 0.5) is 0 Å². The lowest BCUT2D eigenvalue weighted by Gasteiger charge is -2.14. The van der Waals surface area contributed by atoms with Crippen LogP contribution in [0.5, 0.6) is 5.75 Å². The number of hydrogen-bond acceptors (Lipinski definition) is 2. The first-order valence-corrected chi connectivity index (χ1v) is 6.67. The second-order valence-electron chi connectivity index (χ2n) is 4.23. The summed E-state index contributed by atoms with van der Waals surface area (Å²) in [4.78, 5) is 0. The van der Waals surface area contributed by atoms with Crippen LogP contribution < -0.4 is 10.1 Å². The Morgan fingerprint density at radius 1 is 1.24 bits per heavy atom. The largest absolute Gasteiger partial charge is 0.493 e. The van der Waals surface area contributed by atoms with Crippen molar-refractivity contribution in [3.63, 3.8) is 0 Å². The van der Waals surface area contributed by atoms with E-state index in [1.54, 1.807) is 18.2 Å². The Balaban J connectivity index is 2.34. The highest BCUT2D eigenvalue weighted by Gasteiger charge is 2.04. The van der Waals surface area contributed by atoms with Gasteiger partial charge in [-0.05, 0) is 31.2 Å². The van der Waals surface area contributed by atoms with Gasteiger partial charge in [0.05, 0.1) is 6.61 Å². The fourth-order valence-corrected chi connectivity index (χ4v) is 1.94. The summed E-state index contributed by atoms with van der Waals surface area (Å²) < 4.78 is 5.65. The molecule has 0 spiro atoms. The monoisotopic (exact) mass is 275 g/mol. The van der Waals surface area contributed by atoms with Crippen LogP contribution in [0.1, 0.15) is 20.3 Å². The summed E-state index contributed by atoms with van der Waals surface area (Å²) in [5, 5.41) is 4.56. The third-order valence-electron chi connectivity index (χ3n) is 2.29. The van der Waals surface area contributed by atoms with E-state index < -0.39 is 0 Å². The average Bonchev–Trinajstić information content (AvgIpc) is 2.25. The van der Waals surface area contributed by atoms with Crippen LogP contribution in [0.2, 0.25) is 10.0 Å². The second kappa shape index (κ2) is 7.80. The van der Waals surface area contributed by atoms with Crippen LogP contribution >= 0.6 is 23.2 Å². The minimum atomic E-state index is 0.458. The summed E-state index contributed by atoms with van der Waals surface area (Å²) in [5.74, 6) is 1.18. The van der Waals surface area contributed by atoms with E-state index in [4.69, 9.17) is 27.9 Å². The molecule has 4 heteroatoms. The smallest absolute Gasteiger partial charge is 0.122 e. The molecule has 96 valence electrons. The van der Waals surface area contributed by atoms with Gasteiger partial charge in [-0.3, -0.25) is 0 Å². The van der Waals surface area contributed by atoms with Gasteiger partial charge in [-0.1, -0.05) is 37.0 Å². The maximum atomic E-state index is 5.89. The molecule has 0 radical (unpaired) electrons. The van der Waals surface area contributed by atoms with Gasteiger partial charge in [0.2, 0.25) is 0 Å². The van der Waals surface area contributed by atoms with E-state index in [9.17, 15) is 0 Å². The molecule has 0 aliphatic rings. The summed E-state index contributed by atoms with van der Waals surface area (Å²) >= 11 is 11.8. The van der Waals surface area contributed by atoms with Gasteiger partial charge in [0.25, 0.3) is 0 Å². The first kappa shape index (κ1) is 14.6. The van der Waals surface area contributed by atoms with Gasteiger partial charge >= 0.3 is 0 Å². The summed E-state index contributed by atoms with van der Waals surface area (Å²) in [6.45, 7) is 6.97. The van der Waals surface area contributed by atoms with Crippen LogP contribution in [0.3, 0.4) is 0 Å². The molecule has 1 atom stereocenters. The van der Waals surface area contributed by atoms with E-state index in [2.05, 4.69) is 19.2 Å². The molecule has 0 saturated carbocycles. The number of benzene rings is 1. The lowest BCUT2D eigenvalue weighted by Crippen LogP contribution is -2.25. The first-order chi connectivity index (χ1) is 8.11. The SMILES string of the molecule is CCCNCC(C)COc1cc(Cl)cc(Cl)c1. The molecule has 0 amide bonds. The summed E-state index contributed by atoms with van der Waals surface area (Å²) in [5.41, 5.74) is 0. The zero-order chi connectivity index (χ0) is 12.7. The standard InChI is InChI=1S/C13H19Cl2NO/c1-3-4-16-8-10(2)9-17-13-6-11(14)5-12(15)7-13/h5-7,10,16H,3-4,8-9H2,1-2H3. The number of hydrogen-bond donors (Lipinski definition) is 1. The van der Waals surface area contributed by atoms with Crippen LogP contribution in [0.25, 0.3) is 0 Å². The lowest BCUT2D eigenvalue weighted by atomic mass is 10.2. The highest BCUT2D eigenvalue weighted by atomic mass is 35.5. The normalized spacial score (nSPS) is 12.5. The second-order valence-corrected chi connectivity index (χ2v) is 5.10. The van der Waals surface area contributed by atoms with Crippen molar-refractivity contribution < 1.29 is 4.74 Å². The minimum absolute atomic E-state index is 0.458. The molecule has 1 unspecified atom stereocenters. The molecule has 0 fully saturated rings. The zero-order valence-electron chi connectivity index (χ0n) is 10.3. The Morgan fingerprint density at radius 2 is 1.88 bits per heavy atom. The van der Waals surface area contributed by atoms with Crippen LogP contribution in [-0.2, 0) is 0 Å². The molecule has 0 aromatic heterocycles. The van der Waals surface area contributed by atoms with E-state index in [0.717, 1.165) is 25.3 Å². The molecule has 1 aromatic rings. The van der Waals surface area contributed by atoms with Crippen molar-refractivity contribution in [1.82, 2.24) is 5.32 Å². The van der Waals surface area contributed by atoms with E-state index in [1.807, 2.05) is 0 Å². The van der Waals surface area contributed by atoms with Crippen molar-refractivity contribution in [2.45, 2.75) is 20.3 Å². The van der Waals surface area contributed by atoms with Crippen molar-refractivity contribution in [2.75, 3.05) is 19.7 Å². The highest BCUT2D eigenvalue weighted by molar-refractivity contribution is 6.34. The number of halogens is 2. The van der Waals surface area contributed by atoms with Crippen molar-refractivity contribution in [2.24, 2.45) is 5.92 Å². The Hall–Kier alpha value is -0.440. The lowest BCUT2D eigenvalue weighted by molar-refractivity contribution is 0.256. The van der Waals surface area contributed by atoms with Crippen LogP contribution in [0.15, 0.2) is 18.2 Å². The molecule has 0 aliphatic heterocycles. The predicted octanol–water partition coefficient (Wildman–Crippen LogP) is 4.01. The molecule has 0 heterocycles. The molecule has 17 heavy (non-hydrogen) atoms. The number of ether oxygens (including phenoxy) is 1. The molecular weight excluding hydrogens is 257 g/mol. The molecule has 0 saturated heterocycles. The highest BCUT2D eigenvalue weighted by Crippen LogP contribution is 2.24. The van der Waals surface area contributed by atoms with Gasteiger partial charge in [0.1, 0.15) is 5.75 Å². The fourth-order valence-electron chi connectivity index (χ4n) is 1.43.